The number of amides is 1. The topological polar surface area (TPSA) is 102 Å². The van der Waals surface area contributed by atoms with Crippen LogP contribution in [0, 0.1) is 6.92 Å². The highest BCUT2D eigenvalue weighted by molar-refractivity contribution is 7.92. The highest BCUT2D eigenvalue weighted by Crippen LogP contribution is 2.38. The zero-order chi connectivity index (χ0) is 25.9. The number of nitrogens with zero attached hydrogens (tertiary/aromatic N) is 1. The predicted octanol–water partition coefficient (Wildman–Crippen LogP) is 4.56. The van der Waals surface area contributed by atoms with E-state index in [0.29, 0.717) is 16.3 Å². The molecule has 1 aliphatic carbocycles. The maximum Gasteiger partial charge on any atom is 0.341 e. The largest absolute Gasteiger partial charge is 0.497 e. The zero-order valence-corrected chi connectivity index (χ0v) is 22.0. The van der Waals surface area contributed by atoms with Crippen LogP contribution in [0.25, 0.3) is 0 Å². The van der Waals surface area contributed by atoms with Crippen molar-refractivity contribution in [2.24, 2.45) is 0 Å². The Hall–Kier alpha value is -3.37. The maximum absolute atomic E-state index is 13.6. The van der Waals surface area contributed by atoms with Gasteiger partial charge in [-0.1, -0.05) is 23.8 Å². The molecule has 0 aliphatic heterocycles. The molecule has 0 saturated heterocycles. The number of benzene rings is 2. The van der Waals surface area contributed by atoms with Gasteiger partial charge in [-0.25, -0.2) is 13.2 Å². The Morgan fingerprint density at radius 1 is 1.06 bits per heavy atom. The zero-order valence-electron chi connectivity index (χ0n) is 20.4. The van der Waals surface area contributed by atoms with Crippen LogP contribution in [0.3, 0.4) is 0 Å². The van der Waals surface area contributed by atoms with E-state index in [0.717, 1.165) is 46.0 Å². The number of methoxy groups -OCH3 is 2. The Kier molecular flexibility index (Phi) is 7.65. The van der Waals surface area contributed by atoms with Gasteiger partial charge in [0.2, 0.25) is 5.91 Å². The third kappa shape index (κ3) is 5.24. The summed E-state index contributed by atoms with van der Waals surface area (Å²) in [5, 5.41) is 3.17. The van der Waals surface area contributed by atoms with Gasteiger partial charge >= 0.3 is 5.97 Å². The number of aryl methyl sites for hydroxylation is 2. The second-order valence-corrected chi connectivity index (χ2v) is 11.4. The summed E-state index contributed by atoms with van der Waals surface area (Å²) >= 11 is 1.35. The smallest absolute Gasteiger partial charge is 0.341 e. The quantitative estimate of drug-likeness (QED) is 0.430. The van der Waals surface area contributed by atoms with Gasteiger partial charge in [-0.05, 0) is 62.4 Å². The van der Waals surface area contributed by atoms with Crippen LogP contribution in [0.15, 0.2) is 53.4 Å². The molecule has 1 amide bonds. The minimum Gasteiger partial charge on any atom is -0.497 e. The molecule has 0 atom stereocenters. The van der Waals surface area contributed by atoms with Crippen molar-refractivity contribution in [1.82, 2.24) is 0 Å². The average Bonchev–Trinajstić information content (AvgIpc) is 3.24. The summed E-state index contributed by atoms with van der Waals surface area (Å²) in [7, 11) is -1.30. The van der Waals surface area contributed by atoms with Crippen LogP contribution >= 0.6 is 11.3 Å². The number of thiophene rings is 1. The third-order valence-electron chi connectivity index (χ3n) is 6.05. The molecule has 190 valence electrons. The van der Waals surface area contributed by atoms with Gasteiger partial charge in [-0.3, -0.25) is 9.10 Å². The first kappa shape index (κ1) is 25.7. The van der Waals surface area contributed by atoms with Crippen LogP contribution in [0.1, 0.15) is 39.2 Å². The van der Waals surface area contributed by atoms with Crippen molar-refractivity contribution >= 4 is 43.9 Å². The molecule has 2 aromatic carbocycles. The van der Waals surface area contributed by atoms with E-state index in [2.05, 4.69) is 5.32 Å². The lowest BCUT2D eigenvalue weighted by Gasteiger charge is -2.24. The standard InChI is InChI=1S/C26H28N2O6S2/c1-17-11-13-20(14-12-17)36(31,32)28(18-7-6-8-19(15-18)33-2)16-23(29)27-25-24(26(30)34-3)21-9-4-5-10-22(21)35-25/h6-8,11-15H,4-5,9-10,16H2,1-3H3,(H,27,29). The summed E-state index contributed by atoms with van der Waals surface area (Å²) in [5.41, 5.74) is 2.46. The number of sulfonamides is 1. The van der Waals surface area contributed by atoms with Gasteiger partial charge in [0.25, 0.3) is 10.0 Å². The number of ether oxygens (including phenoxy) is 2. The number of hydrogen-bond acceptors (Lipinski definition) is 7. The molecule has 0 bridgehead atoms. The van der Waals surface area contributed by atoms with E-state index in [1.54, 1.807) is 36.4 Å². The normalized spacial score (nSPS) is 13.0. The van der Waals surface area contributed by atoms with Crippen LogP contribution in [-0.2, 0) is 32.4 Å². The van der Waals surface area contributed by atoms with Crippen LogP contribution in [0.4, 0.5) is 10.7 Å². The number of esters is 1. The van der Waals surface area contributed by atoms with E-state index in [4.69, 9.17) is 9.47 Å². The molecule has 36 heavy (non-hydrogen) atoms. The molecule has 0 spiro atoms. The Labute approximate surface area is 214 Å². The molecule has 8 nitrogen and oxygen atoms in total. The molecule has 1 heterocycles. The van der Waals surface area contributed by atoms with E-state index in [1.807, 2.05) is 6.92 Å². The van der Waals surface area contributed by atoms with Gasteiger partial charge < -0.3 is 14.8 Å². The SMILES string of the molecule is COC(=O)c1c(NC(=O)CN(c2cccc(OC)c2)S(=O)(=O)c2ccc(C)cc2)sc2c1CCCC2. The molecule has 4 rings (SSSR count). The molecule has 10 heteroatoms. The summed E-state index contributed by atoms with van der Waals surface area (Å²) < 4.78 is 38.6. The Morgan fingerprint density at radius 3 is 2.47 bits per heavy atom. The van der Waals surface area contributed by atoms with Gasteiger partial charge in [-0.2, -0.15) is 0 Å². The first-order valence-electron chi connectivity index (χ1n) is 11.5. The molecule has 0 radical (unpaired) electrons. The van der Waals surface area contributed by atoms with Crippen LogP contribution in [-0.4, -0.2) is 41.1 Å². The number of anilines is 2. The Morgan fingerprint density at radius 2 is 1.78 bits per heavy atom. The second kappa shape index (κ2) is 10.7. The van der Waals surface area contributed by atoms with Gasteiger partial charge in [0.1, 0.15) is 17.3 Å². The van der Waals surface area contributed by atoms with Gasteiger partial charge in [-0.15, -0.1) is 11.3 Å². The van der Waals surface area contributed by atoms with Crippen molar-refractivity contribution in [3.8, 4) is 5.75 Å². The number of rotatable bonds is 8. The summed E-state index contributed by atoms with van der Waals surface area (Å²) in [5.74, 6) is -0.630. The first-order chi connectivity index (χ1) is 17.2. The van der Waals surface area contributed by atoms with E-state index in [9.17, 15) is 18.0 Å². The van der Waals surface area contributed by atoms with E-state index in [-0.39, 0.29) is 10.6 Å². The van der Waals surface area contributed by atoms with E-state index >= 15 is 0 Å². The van der Waals surface area contributed by atoms with Crippen molar-refractivity contribution in [3.63, 3.8) is 0 Å². The molecule has 1 aliphatic rings. The summed E-state index contributed by atoms with van der Waals surface area (Å²) in [4.78, 5) is 26.9. The monoisotopic (exact) mass is 528 g/mol. The van der Waals surface area contributed by atoms with E-state index in [1.165, 1.54) is 37.7 Å². The highest BCUT2D eigenvalue weighted by Gasteiger charge is 2.30. The number of hydrogen-bond donors (Lipinski definition) is 1. The number of fused-ring (bicyclic) bond motifs is 1. The Balaban J connectivity index is 1.69. The molecular formula is C26H28N2O6S2. The lowest BCUT2D eigenvalue weighted by molar-refractivity contribution is -0.114. The average molecular weight is 529 g/mol. The van der Waals surface area contributed by atoms with Crippen molar-refractivity contribution in [2.75, 3.05) is 30.4 Å². The molecule has 0 unspecified atom stereocenters. The molecule has 1 aromatic heterocycles. The highest BCUT2D eigenvalue weighted by atomic mass is 32.2. The second-order valence-electron chi connectivity index (χ2n) is 8.48. The Bertz CT molecular complexity index is 1380. The number of carbonyl (C=O) groups excluding carboxylic acids is 2. The number of carbonyl (C=O) groups is 2. The minimum absolute atomic E-state index is 0.0607. The van der Waals surface area contributed by atoms with E-state index < -0.39 is 28.4 Å². The first-order valence-corrected chi connectivity index (χ1v) is 13.8. The van der Waals surface area contributed by atoms with Crippen molar-refractivity contribution in [3.05, 3.63) is 70.1 Å². The predicted molar refractivity (Wildman–Crippen MR) is 140 cm³/mol. The maximum atomic E-state index is 13.6. The molecular weight excluding hydrogens is 500 g/mol. The molecule has 1 N–H and O–H groups in total. The van der Waals surface area contributed by atoms with Crippen molar-refractivity contribution in [1.29, 1.82) is 0 Å². The van der Waals surface area contributed by atoms with Crippen molar-refractivity contribution < 1.29 is 27.5 Å². The number of nitrogens with one attached hydrogen (secondary N) is 1. The van der Waals surface area contributed by atoms with Gasteiger partial charge in [0.05, 0.1) is 30.4 Å². The lowest BCUT2D eigenvalue weighted by atomic mass is 9.95. The molecule has 3 aromatic rings. The third-order valence-corrected chi connectivity index (χ3v) is 9.05. The summed E-state index contributed by atoms with van der Waals surface area (Å²) in [6, 6.07) is 12.9. The minimum atomic E-state index is -4.09. The van der Waals surface area contributed by atoms with Gasteiger partial charge in [0.15, 0.2) is 0 Å². The van der Waals surface area contributed by atoms with Gasteiger partial charge in [0, 0.05) is 10.9 Å². The molecule has 0 fully saturated rings. The lowest BCUT2D eigenvalue weighted by Crippen LogP contribution is -2.38. The molecule has 0 saturated carbocycles. The fourth-order valence-corrected chi connectivity index (χ4v) is 6.89. The summed E-state index contributed by atoms with van der Waals surface area (Å²) in [6.07, 6.45) is 3.54. The van der Waals surface area contributed by atoms with Crippen LogP contribution in [0.5, 0.6) is 5.75 Å². The van der Waals surface area contributed by atoms with Crippen LogP contribution < -0.4 is 14.4 Å². The fourth-order valence-electron chi connectivity index (χ4n) is 4.19. The fraction of sp³-hybridized carbons (Fsp3) is 0.308. The van der Waals surface area contributed by atoms with Crippen LogP contribution in [0.2, 0.25) is 0 Å². The van der Waals surface area contributed by atoms with Crippen molar-refractivity contribution in [2.45, 2.75) is 37.5 Å². The summed E-state index contributed by atoms with van der Waals surface area (Å²) in [6.45, 7) is 1.37.